The topological polar surface area (TPSA) is 70.7 Å². The predicted octanol–water partition coefficient (Wildman–Crippen LogP) is 1.95. The maximum atomic E-state index is 11.8. The van der Waals surface area contributed by atoms with Crippen LogP contribution >= 0.6 is 11.6 Å². The fraction of sp³-hybridized carbons (Fsp3) is 0.444. The molecule has 0 fully saturated rings. The number of rotatable bonds is 9. The summed E-state index contributed by atoms with van der Waals surface area (Å²) in [6.45, 7) is 3.28. The first kappa shape index (κ1) is 19.3. The van der Waals surface area contributed by atoms with Gasteiger partial charge in [0.2, 0.25) is 5.91 Å². The summed E-state index contributed by atoms with van der Waals surface area (Å²) in [5.41, 5.74) is 0.846. The molecule has 25 heavy (non-hydrogen) atoms. The highest BCUT2D eigenvalue weighted by Gasteiger charge is 2.22. The molecule has 1 atom stereocenters. The van der Waals surface area contributed by atoms with Gasteiger partial charge in [-0.3, -0.25) is 14.5 Å². The van der Waals surface area contributed by atoms with Crippen LogP contribution in [0.5, 0.6) is 5.75 Å². The molecule has 7 heteroatoms. The van der Waals surface area contributed by atoms with E-state index in [1.54, 1.807) is 24.3 Å². The van der Waals surface area contributed by atoms with E-state index in [0.29, 0.717) is 23.7 Å². The molecule has 0 saturated heterocycles. The van der Waals surface area contributed by atoms with Crippen LogP contribution in [-0.2, 0) is 9.59 Å². The lowest BCUT2D eigenvalue weighted by Gasteiger charge is -2.27. The van der Waals surface area contributed by atoms with Gasteiger partial charge in [0.05, 0.1) is 12.6 Å². The molecule has 1 aromatic rings. The molecule has 1 aliphatic rings. The van der Waals surface area contributed by atoms with Crippen molar-refractivity contribution in [3.05, 3.63) is 41.1 Å². The number of carbonyl (C=O) groups excluding carboxylic acids is 2. The van der Waals surface area contributed by atoms with Crippen LogP contribution in [0.2, 0.25) is 5.02 Å². The summed E-state index contributed by atoms with van der Waals surface area (Å²) >= 11 is 5.79. The Morgan fingerprint density at radius 1 is 1.28 bits per heavy atom. The number of likely N-dealkylation sites (N-methyl/N-ethyl adjacent to an activating group) is 1. The predicted molar refractivity (Wildman–Crippen MR) is 97.5 cm³/mol. The summed E-state index contributed by atoms with van der Waals surface area (Å²) in [4.78, 5) is 25.7. The second-order valence-corrected chi connectivity index (χ2v) is 6.54. The fourth-order valence-electron chi connectivity index (χ4n) is 2.48. The molecule has 0 heterocycles. The lowest BCUT2D eigenvalue weighted by atomic mass is 9.99. The Morgan fingerprint density at radius 2 is 1.96 bits per heavy atom. The zero-order valence-corrected chi connectivity index (χ0v) is 15.3. The van der Waals surface area contributed by atoms with Gasteiger partial charge in [0.15, 0.2) is 6.61 Å². The average Bonchev–Trinajstić information content (AvgIpc) is 2.52. The van der Waals surface area contributed by atoms with Gasteiger partial charge in [-0.05, 0) is 50.4 Å². The minimum atomic E-state index is -0.204. The molecule has 0 bridgehead atoms. The number of amides is 2. The molecule has 0 aliphatic heterocycles. The van der Waals surface area contributed by atoms with Gasteiger partial charge >= 0.3 is 0 Å². The zero-order chi connectivity index (χ0) is 18.2. The number of carbonyl (C=O) groups is 2. The molecule has 1 aromatic carbocycles. The molecule has 0 aromatic heterocycles. The van der Waals surface area contributed by atoms with E-state index in [1.807, 2.05) is 18.0 Å². The Bertz CT molecular complexity index is 631. The van der Waals surface area contributed by atoms with Crippen molar-refractivity contribution in [2.24, 2.45) is 0 Å². The third kappa shape index (κ3) is 6.76. The summed E-state index contributed by atoms with van der Waals surface area (Å²) in [5.74, 6) is 0.357. The number of nitrogens with one attached hydrogen (secondary N) is 2. The fourth-order valence-corrected chi connectivity index (χ4v) is 2.61. The largest absolute Gasteiger partial charge is 0.484 e. The second-order valence-electron chi connectivity index (χ2n) is 6.10. The van der Waals surface area contributed by atoms with Crippen molar-refractivity contribution >= 4 is 23.4 Å². The van der Waals surface area contributed by atoms with Crippen molar-refractivity contribution in [3.8, 4) is 5.75 Å². The molecule has 2 rings (SSSR count). The van der Waals surface area contributed by atoms with Crippen molar-refractivity contribution in [1.82, 2.24) is 15.5 Å². The van der Waals surface area contributed by atoms with Gasteiger partial charge in [-0.25, -0.2) is 0 Å². The highest BCUT2D eigenvalue weighted by Crippen LogP contribution is 2.17. The minimum absolute atomic E-state index is 0.0296. The van der Waals surface area contributed by atoms with E-state index in [2.05, 4.69) is 17.6 Å². The van der Waals surface area contributed by atoms with Crippen molar-refractivity contribution in [1.29, 1.82) is 0 Å². The third-order valence-electron chi connectivity index (χ3n) is 3.69. The van der Waals surface area contributed by atoms with Crippen LogP contribution in [0.1, 0.15) is 19.8 Å². The molecule has 0 spiro atoms. The highest BCUT2D eigenvalue weighted by atomic mass is 35.5. The van der Waals surface area contributed by atoms with E-state index in [4.69, 9.17) is 16.3 Å². The Hall–Kier alpha value is -2.05. The first-order chi connectivity index (χ1) is 12.0. The minimum Gasteiger partial charge on any atom is -0.484 e. The molecule has 0 saturated carbocycles. The first-order valence-corrected chi connectivity index (χ1v) is 8.71. The van der Waals surface area contributed by atoms with Crippen molar-refractivity contribution in [2.75, 3.05) is 26.7 Å². The number of benzene rings is 1. The number of hydrogen-bond acceptors (Lipinski definition) is 4. The molecule has 1 unspecified atom stereocenters. The Balaban J connectivity index is 1.65. The van der Waals surface area contributed by atoms with Crippen molar-refractivity contribution in [2.45, 2.75) is 25.8 Å². The molecule has 1 aliphatic carbocycles. The standard InChI is InChI=1S/C18H24ClN3O3/c1-3-8-22(2)11-17(23)20-14-9-15(10-14)21-18(24)12-25-16-6-4-13(19)5-7-16/h4-7,9,15H,3,8,10-12H2,1-2H3,(H,20,23)(H,21,24). The summed E-state index contributed by atoms with van der Waals surface area (Å²) in [7, 11) is 1.92. The summed E-state index contributed by atoms with van der Waals surface area (Å²) in [6, 6.07) is 6.77. The van der Waals surface area contributed by atoms with Gasteiger partial charge < -0.3 is 15.4 Å². The van der Waals surface area contributed by atoms with Crippen LogP contribution < -0.4 is 15.4 Å². The maximum absolute atomic E-state index is 11.8. The quantitative estimate of drug-likeness (QED) is 0.701. The highest BCUT2D eigenvalue weighted by molar-refractivity contribution is 6.30. The van der Waals surface area contributed by atoms with E-state index in [-0.39, 0.29) is 24.5 Å². The first-order valence-electron chi connectivity index (χ1n) is 8.33. The van der Waals surface area contributed by atoms with Crippen LogP contribution in [0.15, 0.2) is 36.0 Å². The lowest BCUT2D eigenvalue weighted by molar-refractivity contribution is -0.123. The van der Waals surface area contributed by atoms with Crippen LogP contribution in [0, 0.1) is 0 Å². The van der Waals surface area contributed by atoms with E-state index < -0.39 is 0 Å². The van der Waals surface area contributed by atoms with Crippen LogP contribution in [0.4, 0.5) is 0 Å². The molecule has 6 nitrogen and oxygen atoms in total. The zero-order valence-electron chi connectivity index (χ0n) is 14.5. The number of halogens is 1. The smallest absolute Gasteiger partial charge is 0.258 e. The van der Waals surface area contributed by atoms with Crippen LogP contribution in [0.25, 0.3) is 0 Å². The number of hydrogen-bond donors (Lipinski definition) is 2. The van der Waals surface area contributed by atoms with Gasteiger partial charge in [-0.1, -0.05) is 18.5 Å². The van der Waals surface area contributed by atoms with E-state index >= 15 is 0 Å². The molecular formula is C18H24ClN3O3. The van der Waals surface area contributed by atoms with Gasteiger partial charge in [-0.15, -0.1) is 0 Å². The van der Waals surface area contributed by atoms with Gasteiger partial charge in [-0.2, -0.15) is 0 Å². The monoisotopic (exact) mass is 365 g/mol. The second kappa shape index (κ2) is 9.44. The number of ether oxygens (including phenoxy) is 1. The van der Waals surface area contributed by atoms with Gasteiger partial charge in [0.25, 0.3) is 5.91 Å². The molecule has 2 N–H and O–H groups in total. The molecule has 2 amide bonds. The summed E-state index contributed by atoms with van der Waals surface area (Å²) < 4.78 is 5.38. The van der Waals surface area contributed by atoms with Crippen molar-refractivity contribution < 1.29 is 14.3 Å². The Kier molecular flexibility index (Phi) is 7.28. The Labute approximate surface area is 153 Å². The van der Waals surface area contributed by atoms with Gasteiger partial charge in [0.1, 0.15) is 5.75 Å². The molecule has 136 valence electrons. The summed E-state index contributed by atoms with van der Waals surface area (Å²) in [6.07, 6.45) is 3.48. The molecule has 0 radical (unpaired) electrons. The third-order valence-corrected chi connectivity index (χ3v) is 3.94. The summed E-state index contributed by atoms with van der Waals surface area (Å²) in [5, 5.41) is 6.31. The molecular weight excluding hydrogens is 342 g/mol. The van der Waals surface area contributed by atoms with E-state index in [0.717, 1.165) is 18.7 Å². The lowest BCUT2D eigenvalue weighted by Crippen LogP contribution is -2.45. The van der Waals surface area contributed by atoms with Crippen LogP contribution in [-0.4, -0.2) is 49.5 Å². The Morgan fingerprint density at radius 3 is 2.60 bits per heavy atom. The van der Waals surface area contributed by atoms with Gasteiger partial charge in [0, 0.05) is 17.1 Å². The van der Waals surface area contributed by atoms with Crippen molar-refractivity contribution in [3.63, 3.8) is 0 Å². The normalized spacial score (nSPS) is 16.0. The maximum Gasteiger partial charge on any atom is 0.258 e. The van der Waals surface area contributed by atoms with E-state index in [1.165, 1.54) is 0 Å². The van der Waals surface area contributed by atoms with E-state index in [9.17, 15) is 9.59 Å². The average molecular weight is 366 g/mol. The SMILES string of the molecule is CCCN(C)CC(=O)NC1=CC(NC(=O)COc2ccc(Cl)cc2)C1. The van der Waals surface area contributed by atoms with Crippen LogP contribution in [0.3, 0.4) is 0 Å². The number of nitrogens with zero attached hydrogens (tertiary/aromatic N) is 1.